The predicted octanol–water partition coefficient (Wildman–Crippen LogP) is 2.12. The Bertz CT molecular complexity index is 607. The molecule has 0 N–H and O–H groups in total. The van der Waals surface area contributed by atoms with Crippen LogP contribution in [0.15, 0.2) is 44.3 Å². The lowest BCUT2D eigenvalue weighted by Crippen LogP contribution is -2.21. The minimum atomic E-state index is -0.308. The van der Waals surface area contributed by atoms with Gasteiger partial charge in [-0.1, -0.05) is 0 Å². The van der Waals surface area contributed by atoms with Crippen molar-refractivity contribution in [3.05, 3.63) is 56.8 Å². The molecule has 0 spiro atoms. The average molecular weight is 279 g/mol. The van der Waals surface area contributed by atoms with Crippen LogP contribution in [0.3, 0.4) is 0 Å². The summed E-state index contributed by atoms with van der Waals surface area (Å²) in [6.45, 7) is 0.319. The Morgan fingerprint density at radius 2 is 2.25 bits per heavy atom. The van der Waals surface area contributed by atoms with Gasteiger partial charge in [0.25, 0.3) is 5.56 Å². The molecule has 2 heterocycles. The van der Waals surface area contributed by atoms with Gasteiger partial charge < -0.3 is 8.98 Å². The molecule has 0 bridgehead atoms. The maximum absolute atomic E-state index is 11.7. The Hall–Kier alpha value is -1.80. The fourth-order valence-electron chi connectivity index (χ4n) is 1.35. The molecule has 0 amide bonds. The minimum absolute atomic E-state index is 0.133. The van der Waals surface area contributed by atoms with E-state index in [0.717, 1.165) is 0 Å². The van der Waals surface area contributed by atoms with E-state index in [1.807, 2.05) is 6.07 Å². The van der Waals surface area contributed by atoms with Crippen LogP contribution in [0.4, 0.5) is 0 Å². The molecule has 2 aromatic heterocycles. The molecule has 0 atom stereocenters. The molecule has 0 aromatic carbocycles. The van der Waals surface area contributed by atoms with Gasteiger partial charge in [-0.15, -0.1) is 0 Å². The quantitative estimate of drug-likeness (QED) is 0.846. The van der Waals surface area contributed by atoms with Crippen LogP contribution in [0, 0.1) is 11.3 Å². The number of halogens is 1. The van der Waals surface area contributed by atoms with Crippen molar-refractivity contribution < 1.29 is 4.42 Å². The Morgan fingerprint density at radius 1 is 1.44 bits per heavy atom. The standard InChI is InChI=1S/C11H7BrN2O2/c12-10-4-3-9(16-10)7-14-5-1-2-8(6-13)11(14)15/h1-5H,7H2. The van der Waals surface area contributed by atoms with Crippen LogP contribution in [0.1, 0.15) is 11.3 Å². The maximum atomic E-state index is 11.7. The first kappa shape index (κ1) is 10.7. The van der Waals surface area contributed by atoms with E-state index in [0.29, 0.717) is 17.0 Å². The van der Waals surface area contributed by atoms with E-state index < -0.39 is 0 Å². The van der Waals surface area contributed by atoms with E-state index in [4.69, 9.17) is 9.68 Å². The first-order valence-electron chi connectivity index (χ1n) is 4.54. The fraction of sp³-hybridized carbons (Fsp3) is 0.0909. The summed E-state index contributed by atoms with van der Waals surface area (Å²) in [4.78, 5) is 11.7. The lowest BCUT2D eigenvalue weighted by Gasteiger charge is -2.02. The number of rotatable bonds is 2. The smallest absolute Gasteiger partial charge is 0.268 e. The molecular formula is C11H7BrN2O2. The van der Waals surface area contributed by atoms with Crippen molar-refractivity contribution in [2.24, 2.45) is 0 Å². The third-order valence-electron chi connectivity index (χ3n) is 2.10. The predicted molar refractivity (Wildman–Crippen MR) is 60.9 cm³/mol. The lowest BCUT2D eigenvalue weighted by atomic mass is 10.3. The van der Waals surface area contributed by atoms with Crippen molar-refractivity contribution in [2.75, 3.05) is 0 Å². The van der Waals surface area contributed by atoms with E-state index in [2.05, 4.69) is 15.9 Å². The Morgan fingerprint density at radius 3 is 2.88 bits per heavy atom. The summed E-state index contributed by atoms with van der Waals surface area (Å²) in [6.07, 6.45) is 1.62. The third-order valence-corrected chi connectivity index (χ3v) is 2.52. The summed E-state index contributed by atoms with van der Waals surface area (Å²) in [5.74, 6) is 0.657. The molecule has 0 aliphatic carbocycles. The van der Waals surface area contributed by atoms with Crippen molar-refractivity contribution in [2.45, 2.75) is 6.54 Å². The summed E-state index contributed by atoms with van der Waals surface area (Å²) in [5, 5.41) is 8.72. The van der Waals surface area contributed by atoms with Gasteiger partial charge in [0.2, 0.25) is 0 Å². The molecule has 0 fully saturated rings. The zero-order valence-corrected chi connectivity index (χ0v) is 9.77. The number of nitrogens with zero attached hydrogens (tertiary/aromatic N) is 2. The first-order chi connectivity index (χ1) is 7.70. The molecular weight excluding hydrogens is 272 g/mol. The molecule has 5 heteroatoms. The second-order valence-corrected chi connectivity index (χ2v) is 3.95. The van der Waals surface area contributed by atoms with Crippen LogP contribution in [0.25, 0.3) is 0 Å². The minimum Gasteiger partial charge on any atom is -0.452 e. The zero-order chi connectivity index (χ0) is 11.5. The van der Waals surface area contributed by atoms with Crippen molar-refractivity contribution in [3.8, 4) is 6.07 Å². The molecule has 0 unspecified atom stereocenters. The SMILES string of the molecule is N#Cc1cccn(Cc2ccc(Br)o2)c1=O. The van der Waals surface area contributed by atoms with E-state index in [-0.39, 0.29) is 11.1 Å². The van der Waals surface area contributed by atoms with Crippen molar-refractivity contribution in [1.82, 2.24) is 4.57 Å². The highest BCUT2D eigenvalue weighted by Gasteiger charge is 2.05. The molecule has 2 rings (SSSR count). The van der Waals surface area contributed by atoms with Crippen LogP contribution in [-0.2, 0) is 6.54 Å². The Kier molecular flexibility index (Phi) is 2.93. The van der Waals surface area contributed by atoms with Gasteiger partial charge in [-0.25, -0.2) is 0 Å². The highest BCUT2D eigenvalue weighted by Crippen LogP contribution is 2.14. The highest BCUT2D eigenvalue weighted by molar-refractivity contribution is 9.10. The molecule has 2 aromatic rings. The second kappa shape index (κ2) is 4.37. The largest absolute Gasteiger partial charge is 0.452 e. The van der Waals surface area contributed by atoms with Gasteiger partial charge in [0, 0.05) is 6.20 Å². The van der Waals surface area contributed by atoms with Crippen LogP contribution in [0.2, 0.25) is 0 Å². The van der Waals surface area contributed by atoms with Crippen LogP contribution < -0.4 is 5.56 Å². The maximum Gasteiger partial charge on any atom is 0.268 e. The van der Waals surface area contributed by atoms with Crippen molar-refractivity contribution >= 4 is 15.9 Å². The van der Waals surface area contributed by atoms with Crippen LogP contribution in [0.5, 0.6) is 0 Å². The molecule has 0 aliphatic heterocycles. The van der Waals surface area contributed by atoms with E-state index >= 15 is 0 Å². The number of hydrogen-bond donors (Lipinski definition) is 0. The zero-order valence-electron chi connectivity index (χ0n) is 8.18. The number of hydrogen-bond acceptors (Lipinski definition) is 3. The van der Waals surface area contributed by atoms with Gasteiger partial charge >= 0.3 is 0 Å². The summed E-state index contributed by atoms with van der Waals surface area (Å²) in [5.41, 5.74) is -0.175. The van der Waals surface area contributed by atoms with Crippen molar-refractivity contribution in [1.29, 1.82) is 5.26 Å². The average Bonchev–Trinajstić information content (AvgIpc) is 2.67. The summed E-state index contributed by atoms with van der Waals surface area (Å²) < 4.78 is 7.34. The molecule has 80 valence electrons. The summed E-state index contributed by atoms with van der Waals surface area (Å²) in [6, 6.07) is 8.55. The van der Waals surface area contributed by atoms with Crippen LogP contribution >= 0.6 is 15.9 Å². The first-order valence-corrected chi connectivity index (χ1v) is 5.34. The summed E-state index contributed by atoms with van der Waals surface area (Å²) >= 11 is 3.19. The molecule has 4 nitrogen and oxygen atoms in total. The van der Waals surface area contributed by atoms with Gasteiger partial charge in [-0.2, -0.15) is 5.26 Å². The molecule has 16 heavy (non-hydrogen) atoms. The van der Waals surface area contributed by atoms with Gasteiger partial charge in [0.15, 0.2) is 4.67 Å². The Labute approximate surface area is 99.9 Å². The topological polar surface area (TPSA) is 58.9 Å². The number of furan rings is 1. The fourth-order valence-corrected chi connectivity index (χ4v) is 1.69. The third kappa shape index (κ3) is 2.07. The highest BCUT2D eigenvalue weighted by atomic mass is 79.9. The monoisotopic (exact) mass is 278 g/mol. The molecule has 0 saturated carbocycles. The molecule has 0 aliphatic rings. The van der Waals surface area contributed by atoms with Crippen LogP contribution in [-0.4, -0.2) is 4.57 Å². The van der Waals surface area contributed by atoms with Gasteiger partial charge in [0.1, 0.15) is 17.4 Å². The number of nitriles is 1. The second-order valence-electron chi connectivity index (χ2n) is 3.17. The van der Waals surface area contributed by atoms with Gasteiger partial charge in [-0.3, -0.25) is 4.79 Å². The van der Waals surface area contributed by atoms with Gasteiger partial charge in [0.05, 0.1) is 6.54 Å². The number of pyridine rings is 1. The number of aromatic nitrogens is 1. The van der Waals surface area contributed by atoms with E-state index in [1.54, 1.807) is 24.4 Å². The van der Waals surface area contributed by atoms with E-state index in [1.165, 1.54) is 10.6 Å². The molecule has 0 saturated heterocycles. The van der Waals surface area contributed by atoms with Gasteiger partial charge in [-0.05, 0) is 40.2 Å². The molecule has 0 radical (unpaired) electrons. The normalized spacial score (nSPS) is 10.0. The van der Waals surface area contributed by atoms with Crippen molar-refractivity contribution in [3.63, 3.8) is 0 Å². The summed E-state index contributed by atoms with van der Waals surface area (Å²) in [7, 11) is 0. The lowest BCUT2D eigenvalue weighted by molar-refractivity contribution is 0.471. The van der Waals surface area contributed by atoms with E-state index in [9.17, 15) is 4.79 Å². The Balaban J connectivity index is 2.36.